The molecule has 2 aliphatic rings. The maximum Gasteiger partial charge on any atom is -0.000731 e. The second-order valence-electron chi connectivity index (χ2n) is 10.7. The molecule has 40 heavy (non-hydrogen) atoms. The summed E-state index contributed by atoms with van der Waals surface area (Å²) >= 11 is 0. The summed E-state index contributed by atoms with van der Waals surface area (Å²) in [7, 11) is 0. The summed E-state index contributed by atoms with van der Waals surface area (Å²) in [5.74, 6) is 0. The van der Waals surface area contributed by atoms with Crippen molar-refractivity contribution in [2.75, 3.05) is 0 Å². The molecular weight excluding hydrogens is 480 g/mol. The molecule has 0 aromatic heterocycles. The van der Waals surface area contributed by atoms with Crippen molar-refractivity contribution in [3.63, 3.8) is 0 Å². The van der Waals surface area contributed by atoms with E-state index in [9.17, 15) is 0 Å². The van der Waals surface area contributed by atoms with Gasteiger partial charge in [-0.1, -0.05) is 146 Å². The maximum atomic E-state index is 2.35. The molecule has 8 rings (SSSR count). The molecule has 2 aliphatic carbocycles. The molecule has 0 heterocycles. The Labute approximate surface area is 235 Å². The fraction of sp³-hybridized carbons (Fsp3) is 0.0500. The Morgan fingerprint density at radius 2 is 0.875 bits per heavy atom. The molecule has 0 atom stereocenters. The predicted molar refractivity (Wildman–Crippen MR) is 171 cm³/mol. The summed E-state index contributed by atoms with van der Waals surface area (Å²) in [6.45, 7) is 0. The van der Waals surface area contributed by atoms with Crippen LogP contribution in [0.1, 0.15) is 18.4 Å². The molecule has 0 spiro atoms. The van der Waals surface area contributed by atoms with Gasteiger partial charge >= 0.3 is 0 Å². The van der Waals surface area contributed by atoms with Crippen LogP contribution in [0, 0.1) is 0 Å². The van der Waals surface area contributed by atoms with Gasteiger partial charge in [-0.05, 0) is 90.4 Å². The average molecular weight is 509 g/mol. The van der Waals surface area contributed by atoms with Crippen molar-refractivity contribution >= 4 is 16.3 Å². The third-order valence-electron chi connectivity index (χ3n) is 8.47. The van der Waals surface area contributed by atoms with Gasteiger partial charge < -0.3 is 0 Å². The van der Waals surface area contributed by atoms with Crippen molar-refractivity contribution < 1.29 is 0 Å². The lowest BCUT2D eigenvalue weighted by Crippen LogP contribution is -2.02. The normalized spacial score (nSPS) is 13.3. The summed E-state index contributed by atoms with van der Waals surface area (Å²) in [4.78, 5) is 0. The standard InChI is InChI=1S/C40H28/c1-5-15-28(16-6-1)35-36(29-17-7-2-8-18-29)38(31-21-11-4-12-22-31)40-33-26-14-24-27-23-13-25-32(34(27)33)39(40)37(35)30-19-9-3-10-20-30/h1-11,13-21,23-26H,12,22H2. The second-order valence-corrected chi connectivity index (χ2v) is 10.7. The molecule has 0 saturated heterocycles. The van der Waals surface area contributed by atoms with E-state index in [2.05, 4.69) is 146 Å². The minimum Gasteiger partial charge on any atom is -0.0842 e. The fourth-order valence-corrected chi connectivity index (χ4v) is 6.86. The van der Waals surface area contributed by atoms with Crippen molar-refractivity contribution in [2.45, 2.75) is 12.8 Å². The summed E-state index contributed by atoms with van der Waals surface area (Å²) in [5, 5.41) is 2.67. The van der Waals surface area contributed by atoms with Gasteiger partial charge in [0.15, 0.2) is 0 Å². The Balaban J connectivity index is 1.67. The number of rotatable bonds is 4. The van der Waals surface area contributed by atoms with E-state index >= 15 is 0 Å². The summed E-state index contributed by atoms with van der Waals surface area (Å²) < 4.78 is 0. The Hall–Kier alpha value is -4.94. The van der Waals surface area contributed by atoms with E-state index in [0.717, 1.165) is 12.8 Å². The zero-order valence-corrected chi connectivity index (χ0v) is 22.3. The highest BCUT2D eigenvalue weighted by molar-refractivity contribution is 6.24. The largest absolute Gasteiger partial charge is 0.0842 e. The zero-order valence-electron chi connectivity index (χ0n) is 22.3. The highest BCUT2D eigenvalue weighted by atomic mass is 14.4. The zero-order chi connectivity index (χ0) is 26.5. The van der Waals surface area contributed by atoms with Crippen molar-refractivity contribution in [1.29, 1.82) is 0 Å². The van der Waals surface area contributed by atoms with E-state index < -0.39 is 0 Å². The van der Waals surface area contributed by atoms with Gasteiger partial charge in [-0.3, -0.25) is 0 Å². The van der Waals surface area contributed by atoms with Gasteiger partial charge in [0.25, 0.3) is 0 Å². The molecule has 0 bridgehead atoms. The first-order valence-electron chi connectivity index (χ1n) is 14.2. The minimum atomic E-state index is 1.04. The lowest BCUT2D eigenvalue weighted by atomic mass is 9.75. The first-order chi connectivity index (χ1) is 19.9. The van der Waals surface area contributed by atoms with Gasteiger partial charge in [-0.15, -0.1) is 0 Å². The predicted octanol–water partition coefficient (Wildman–Crippen LogP) is 11.2. The van der Waals surface area contributed by atoms with Crippen molar-refractivity contribution in [3.8, 4) is 55.6 Å². The Bertz CT molecular complexity index is 1950. The van der Waals surface area contributed by atoms with Crippen molar-refractivity contribution in [1.82, 2.24) is 0 Å². The van der Waals surface area contributed by atoms with Gasteiger partial charge in [-0.25, -0.2) is 0 Å². The van der Waals surface area contributed by atoms with Gasteiger partial charge in [0.2, 0.25) is 0 Å². The first-order valence-corrected chi connectivity index (χ1v) is 14.2. The van der Waals surface area contributed by atoms with Crippen molar-refractivity contribution in [2.24, 2.45) is 0 Å². The number of allylic oxidation sites excluding steroid dienone is 4. The maximum absolute atomic E-state index is 2.35. The summed E-state index contributed by atoms with van der Waals surface area (Å²) in [6.07, 6.45) is 8.99. The van der Waals surface area contributed by atoms with Crippen molar-refractivity contribution in [3.05, 3.63) is 151 Å². The third kappa shape index (κ3) is 3.46. The monoisotopic (exact) mass is 508 g/mol. The van der Waals surface area contributed by atoms with Gasteiger partial charge in [0.05, 0.1) is 0 Å². The fourth-order valence-electron chi connectivity index (χ4n) is 6.86. The molecule has 6 aromatic carbocycles. The highest BCUT2D eigenvalue weighted by Gasteiger charge is 2.33. The molecule has 0 saturated carbocycles. The van der Waals surface area contributed by atoms with Gasteiger partial charge in [0, 0.05) is 0 Å². The van der Waals surface area contributed by atoms with E-state index in [4.69, 9.17) is 0 Å². The molecule has 0 heteroatoms. The Morgan fingerprint density at radius 1 is 0.400 bits per heavy atom. The highest BCUT2D eigenvalue weighted by Crippen LogP contribution is 2.60. The Morgan fingerprint density at radius 3 is 1.38 bits per heavy atom. The summed E-state index contributed by atoms with van der Waals surface area (Å²) in [5.41, 5.74) is 16.0. The van der Waals surface area contributed by atoms with Crippen LogP contribution in [0.15, 0.2) is 146 Å². The average Bonchev–Trinajstić information content (AvgIpc) is 3.37. The van der Waals surface area contributed by atoms with E-state index in [-0.39, 0.29) is 0 Å². The number of fused-ring (bicyclic) bond motifs is 3. The molecule has 0 radical (unpaired) electrons. The van der Waals surface area contributed by atoms with Crippen LogP contribution in [-0.2, 0) is 0 Å². The van der Waals surface area contributed by atoms with E-state index in [1.165, 1.54) is 77.5 Å². The minimum absolute atomic E-state index is 1.04. The van der Waals surface area contributed by atoms with Gasteiger partial charge in [0.1, 0.15) is 0 Å². The van der Waals surface area contributed by atoms with Crippen LogP contribution in [0.3, 0.4) is 0 Å². The number of benzene rings is 6. The molecule has 0 aliphatic heterocycles. The van der Waals surface area contributed by atoms with Crippen LogP contribution in [-0.4, -0.2) is 0 Å². The van der Waals surface area contributed by atoms with Crippen LogP contribution < -0.4 is 0 Å². The van der Waals surface area contributed by atoms with Crippen LogP contribution in [0.5, 0.6) is 0 Å². The third-order valence-corrected chi connectivity index (χ3v) is 8.47. The molecule has 0 nitrogen and oxygen atoms in total. The van der Waals surface area contributed by atoms with E-state index in [1.807, 2.05) is 0 Å². The molecule has 0 N–H and O–H groups in total. The van der Waals surface area contributed by atoms with E-state index in [1.54, 1.807) is 0 Å². The molecular formula is C40H28. The van der Waals surface area contributed by atoms with Crippen LogP contribution >= 0.6 is 0 Å². The van der Waals surface area contributed by atoms with Crippen LogP contribution in [0.25, 0.3) is 72.0 Å². The second kappa shape index (κ2) is 9.36. The van der Waals surface area contributed by atoms with E-state index in [0.29, 0.717) is 0 Å². The first kappa shape index (κ1) is 23.0. The lowest BCUT2D eigenvalue weighted by Gasteiger charge is -2.27. The molecule has 0 amide bonds. The molecule has 188 valence electrons. The molecule has 6 aromatic rings. The molecule has 0 fully saturated rings. The molecule has 0 unspecified atom stereocenters. The number of hydrogen-bond donors (Lipinski definition) is 0. The van der Waals surface area contributed by atoms with Gasteiger partial charge in [-0.2, -0.15) is 0 Å². The van der Waals surface area contributed by atoms with Crippen LogP contribution in [0.4, 0.5) is 0 Å². The van der Waals surface area contributed by atoms with Crippen LogP contribution in [0.2, 0.25) is 0 Å². The quantitative estimate of drug-likeness (QED) is 0.222. The SMILES string of the molecule is C1=CCCC(c2c(-c3ccccc3)c(-c3ccccc3)c(-c3ccccc3)c3c2-c2cccc4cccc-3c24)=C1. The smallest absolute Gasteiger partial charge is 0.000731 e. The topological polar surface area (TPSA) is 0 Å². The lowest BCUT2D eigenvalue weighted by molar-refractivity contribution is 1.05. The Kier molecular flexibility index (Phi) is 5.38. The summed E-state index contributed by atoms with van der Waals surface area (Å²) in [6, 6.07) is 46.7. The number of hydrogen-bond acceptors (Lipinski definition) is 0.